The van der Waals surface area contributed by atoms with Crippen LogP contribution in [0.5, 0.6) is 0 Å². The van der Waals surface area contributed by atoms with Crippen molar-refractivity contribution in [1.29, 1.82) is 0 Å². The first-order chi connectivity index (χ1) is 10.0. The van der Waals surface area contributed by atoms with Crippen molar-refractivity contribution in [2.24, 2.45) is 5.73 Å². The van der Waals surface area contributed by atoms with Gasteiger partial charge in [-0.05, 0) is 36.5 Å². The summed E-state index contributed by atoms with van der Waals surface area (Å²) >= 11 is 0. The molecule has 1 aliphatic rings. The van der Waals surface area contributed by atoms with E-state index < -0.39 is 23.0 Å². The van der Waals surface area contributed by atoms with Crippen LogP contribution in [0.15, 0.2) is 36.4 Å². The van der Waals surface area contributed by atoms with E-state index >= 15 is 0 Å². The van der Waals surface area contributed by atoms with Crippen molar-refractivity contribution in [3.05, 3.63) is 70.5 Å². The molecule has 2 aromatic carbocycles. The van der Waals surface area contributed by atoms with Gasteiger partial charge in [-0.15, -0.1) is 0 Å². The second kappa shape index (κ2) is 5.19. The molecule has 1 aliphatic carbocycles. The number of fused-ring (bicyclic) bond motifs is 1. The Morgan fingerprint density at radius 3 is 2.43 bits per heavy atom. The molecule has 1 nitrogen and oxygen atoms in total. The highest BCUT2D eigenvalue weighted by Crippen LogP contribution is 2.39. The van der Waals surface area contributed by atoms with E-state index in [0.717, 1.165) is 36.5 Å². The van der Waals surface area contributed by atoms with Crippen molar-refractivity contribution in [3.63, 3.8) is 0 Å². The van der Waals surface area contributed by atoms with Gasteiger partial charge >= 0.3 is 0 Å². The van der Waals surface area contributed by atoms with Crippen LogP contribution in [0.25, 0.3) is 0 Å². The van der Waals surface area contributed by atoms with E-state index in [-0.39, 0.29) is 5.56 Å². The molecule has 0 saturated carbocycles. The van der Waals surface area contributed by atoms with Crippen molar-refractivity contribution in [2.45, 2.75) is 31.2 Å². The molecule has 0 aromatic heterocycles. The van der Waals surface area contributed by atoms with Gasteiger partial charge < -0.3 is 5.73 Å². The monoisotopic (exact) mass is 291 g/mol. The Morgan fingerprint density at radius 1 is 0.857 bits per heavy atom. The van der Waals surface area contributed by atoms with E-state index in [9.17, 15) is 13.2 Å². The SMILES string of the molecule is NC1(c2ccc(F)c(F)c2F)CCCCc2ccccc21. The number of hydrogen-bond acceptors (Lipinski definition) is 1. The third kappa shape index (κ3) is 2.23. The molecule has 0 fully saturated rings. The predicted molar refractivity (Wildman–Crippen MR) is 75.3 cm³/mol. The molecule has 0 aliphatic heterocycles. The summed E-state index contributed by atoms with van der Waals surface area (Å²) in [5.41, 5.74) is 7.23. The van der Waals surface area contributed by atoms with Crippen molar-refractivity contribution in [1.82, 2.24) is 0 Å². The molecule has 2 aromatic rings. The Bertz CT molecular complexity index is 684. The molecule has 4 heteroatoms. The minimum Gasteiger partial charge on any atom is -0.318 e. The fraction of sp³-hybridized carbons (Fsp3) is 0.294. The van der Waals surface area contributed by atoms with E-state index in [1.165, 1.54) is 6.07 Å². The summed E-state index contributed by atoms with van der Waals surface area (Å²) in [4.78, 5) is 0. The summed E-state index contributed by atoms with van der Waals surface area (Å²) in [6.45, 7) is 0. The van der Waals surface area contributed by atoms with E-state index in [0.29, 0.717) is 6.42 Å². The van der Waals surface area contributed by atoms with Crippen LogP contribution in [0.4, 0.5) is 13.2 Å². The first kappa shape index (κ1) is 14.1. The molecule has 0 spiro atoms. The lowest BCUT2D eigenvalue weighted by molar-refractivity contribution is 0.405. The third-order valence-corrected chi connectivity index (χ3v) is 4.28. The maximum atomic E-state index is 14.2. The maximum absolute atomic E-state index is 14.2. The van der Waals surface area contributed by atoms with E-state index in [4.69, 9.17) is 5.73 Å². The lowest BCUT2D eigenvalue weighted by Gasteiger charge is -2.31. The van der Waals surface area contributed by atoms with Crippen LogP contribution in [-0.2, 0) is 12.0 Å². The van der Waals surface area contributed by atoms with Gasteiger partial charge in [0.15, 0.2) is 17.5 Å². The molecule has 3 rings (SSSR count). The van der Waals surface area contributed by atoms with Gasteiger partial charge in [-0.25, -0.2) is 13.2 Å². The second-order valence-corrected chi connectivity index (χ2v) is 5.56. The predicted octanol–water partition coefficient (Wildman–Crippen LogP) is 4.03. The van der Waals surface area contributed by atoms with Gasteiger partial charge in [-0.3, -0.25) is 0 Å². The highest BCUT2D eigenvalue weighted by molar-refractivity contribution is 5.44. The quantitative estimate of drug-likeness (QED) is 0.623. The third-order valence-electron chi connectivity index (χ3n) is 4.28. The molecule has 0 radical (unpaired) electrons. The highest BCUT2D eigenvalue weighted by Gasteiger charge is 2.36. The van der Waals surface area contributed by atoms with Crippen LogP contribution >= 0.6 is 0 Å². The zero-order chi connectivity index (χ0) is 15.0. The van der Waals surface area contributed by atoms with Crippen LogP contribution in [0.2, 0.25) is 0 Å². The molecule has 0 bridgehead atoms. The lowest BCUT2D eigenvalue weighted by Crippen LogP contribution is -2.39. The molecule has 110 valence electrons. The summed E-state index contributed by atoms with van der Waals surface area (Å²) in [6.07, 6.45) is 3.12. The standard InChI is InChI=1S/C17H16F3N/c18-14-9-8-13(15(19)16(14)20)17(21)10-4-3-6-11-5-1-2-7-12(11)17/h1-2,5,7-9H,3-4,6,10,21H2. The molecule has 0 heterocycles. The normalized spacial score (nSPS) is 21.7. The number of rotatable bonds is 1. The summed E-state index contributed by atoms with van der Waals surface area (Å²) < 4.78 is 41.0. The lowest BCUT2D eigenvalue weighted by atomic mass is 9.79. The number of aryl methyl sites for hydroxylation is 1. The first-order valence-corrected chi connectivity index (χ1v) is 7.05. The van der Waals surface area contributed by atoms with Crippen LogP contribution in [0.1, 0.15) is 36.0 Å². The first-order valence-electron chi connectivity index (χ1n) is 7.05. The summed E-state index contributed by atoms with van der Waals surface area (Å²) in [7, 11) is 0. The minimum absolute atomic E-state index is 0.0238. The van der Waals surface area contributed by atoms with E-state index in [2.05, 4.69) is 0 Å². The van der Waals surface area contributed by atoms with Crippen molar-refractivity contribution < 1.29 is 13.2 Å². The minimum atomic E-state index is -1.46. The van der Waals surface area contributed by atoms with Crippen LogP contribution in [-0.4, -0.2) is 0 Å². The van der Waals surface area contributed by atoms with E-state index in [1.807, 2.05) is 24.3 Å². The van der Waals surface area contributed by atoms with Crippen LogP contribution < -0.4 is 5.73 Å². The fourth-order valence-corrected chi connectivity index (χ4v) is 3.18. The summed E-state index contributed by atoms with van der Waals surface area (Å²) in [6, 6.07) is 9.75. The number of halogens is 3. The average Bonchev–Trinajstić information content (AvgIpc) is 2.65. The zero-order valence-electron chi connectivity index (χ0n) is 11.5. The van der Waals surface area contributed by atoms with Crippen molar-refractivity contribution in [2.75, 3.05) is 0 Å². The number of hydrogen-bond donors (Lipinski definition) is 1. The van der Waals surface area contributed by atoms with Gasteiger partial charge in [0.05, 0.1) is 5.54 Å². The maximum Gasteiger partial charge on any atom is 0.194 e. The second-order valence-electron chi connectivity index (χ2n) is 5.56. The number of benzene rings is 2. The van der Waals surface area contributed by atoms with Gasteiger partial charge in [0, 0.05) is 5.56 Å². The summed E-state index contributed by atoms with van der Waals surface area (Å²) in [5.74, 6) is -3.84. The molecule has 1 atom stereocenters. The van der Waals surface area contributed by atoms with Crippen LogP contribution in [0.3, 0.4) is 0 Å². The molecular formula is C17H16F3N. The van der Waals surface area contributed by atoms with Gasteiger partial charge in [0.2, 0.25) is 0 Å². The Labute approximate surface area is 121 Å². The Morgan fingerprint density at radius 2 is 1.62 bits per heavy atom. The topological polar surface area (TPSA) is 26.0 Å². The highest BCUT2D eigenvalue weighted by atomic mass is 19.2. The fourth-order valence-electron chi connectivity index (χ4n) is 3.18. The average molecular weight is 291 g/mol. The van der Waals surface area contributed by atoms with Crippen molar-refractivity contribution >= 4 is 0 Å². The van der Waals surface area contributed by atoms with Crippen molar-refractivity contribution in [3.8, 4) is 0 Å². The van der Waals surface area contributed by atoms with Gasteiger partial charge in [-0.2, -0.15) is 0 Å². The molecule has 2 N–H and O–H groups in total. The molecule has 0 amide bonds. The van der Waals surface area contributed by atoms with Gasteiger partial charge in [-0.1, -0.05) is 36.8 Å². The van der Waals surface area contributed by atoms with Crippen LogP contribution in [0, 0.1) is 17.5 Å². The van der Waals surface area contributed by atoms with Gasteiger partial charge in [0.1, 0.15) is 0 Å². The zero-order valence-corrected chi connectivity index (χ0v) is 11.5. The molecule has 1 unspecified atom stereocenters. The largest absolute Gasteiger partial charge is 0.318 e. The van der Waals surface area contributed by atoms with Gasteiger partial charge in [0.25, 0.3) is 0 Å². The smallest absolute Gasteiger partial charge is 0.194 e. The Balaban J connectivity index is 2.23. The molecular weight excluding hydrogens is 275 g/mol. The molecule has 21 heavy (non-hydrogen) atoms. The Kier molecular flexibility index (Phi) is 3.49. The Hall–Kier alpha value is -1.81. The van der Waals surface area contributed by atoms with E-state index in [1.54, 1.807) is 0 Å². The number of nitrogens with two attached hydrogens (primary N) is 1. The molecule has 0 saturated heterocycles. The summed E-state index contributed by atoms with van der Waals surface area (Å²) in [5, 5.41) is 0.